The van der Waals surface area contributed by atoms with Crippen LogP contribution >= 0.6 is 11.6 Å². The molecule has 0 aliphatic carbocycles. The molecule has 0 saturated carbocycles. The molecule has 0 aliphatic heterocycles. The van der Waals surface area contributed by atoms with Crippen molar-refractivity contribution in [2.45, 2.75) is 57.1 Å². The number of halogens is 1. The number of hydrogen-bond donors (Lipinski definition) is 1. The van der Waals surface area contributed by atoms with Crippen molar-refractivity contribution in [3.05, 3.63) is 125 Å². The van der Waals surface area contributed by atoms with Gasteiger partial charge < -0.3 is 15.0 Å². The van der Waals surface area contributed by atoms with Gasteiger partial charge in [0.1, 0.15) is 18.3 Å². The Morgan fingerprint density at radius 3 is 2.02 bits per heavy atom. The van der Waals surface area contributed by atoms with Gasteiger partial charge in [0, 0.05) is 24.0 Å². The van der Waals surface area contributed by atoms with Gasteiger partial charge in [0.05, 0.1) is 17.2 Å². The Morgan fingerprint density at radius 1 is 0.826 bits per heavy atom. The minimum Gasteiger partial charge on any atom is -0.494 e. The minimum absolute atomic E-state index is 0.00667. The molecule has 4 aromatic rings. The van der Waals surface area contributed by atoms with E-state index in [4.69, 9.17) is 16.3 Å². The van der Waals surface area contributed by atoms with E-state index in [1.165, 1.54) is 17.0 Å². The lowest BCUT2D eigenvalue weighted by Crippen LogP contribution is -2.54. The predicted octanol–water partition coefficient (Wildman–Crippen LogP) is 6.49. The number of rotatable bonds is 15. The van der Waals surface area contributed by atoms with Crippen molar-refractivity contribution >= 4 is 39.1 Å². The third-order valence-electron chi connectivity index (χ3n) is 7.58. The van der Waals surface area contributed by atoms with E-state index in [0.29, 0.717) is 29.5 Å². The number of benzene rings is 4. The van der Waals surface area contributed by atoms with Crippen molar-refractivity contribution in [2.75, 3.05) is 17.5 Å². The summed E-state index contributed by atoms with van der Waals surface area (Å²) in [4.78, 5) is 29.9. The van der Waals surface area contributed by atoms with Crippen molar-refractivity contribution in [3.63, 3.8) is 0 Å². The summed E-state index contributed by atoms with van der Waals surface area (Å²) in [5.41, 5.74) is 1.93. The van der Waals surface area contributed by atoms with E-state index < -0.39 is 28.5 Å². The lowest BCUT2D eigenvalue weighted by atomic mass is 10.0. The van der Waals surface area contributed by atoms with Gasteiger partial charge in [0.15, 0.2) is 0 Å². The first-order valence-electron chi connectivity index (χ1n) is 15.3. The third kappa shape index (κ3) is 9.11. The largest absolute Gasteiger partial charge is 0.494 e. The van der Waals surface area contributed by atoms with E-state index >= 15 is 0 Å². The second-order valence-electron chi connectivity index (χ2n) is 10.9. The molecule has 4 rings (SSSR count). The molecule has 4 aromatic carbocycles. The molecule has 0 unspecified atom stereocenters. The number of sulfonamides is 1. The Hall–Kier alpha value is -4.34. The van der Waals surface area contributed by atoms with Gasteiger partial charge in [0.2, 0.25) is 11.8 Å². The molecular weight excluding hydrogens is 622 g/mol. The minimum atomic E-state index is -4.21. The summed E-state index contributed by atoms with van der Waals surface area (Å²) in [6.07, 6.45) is 0.941. The standard InChI is InChI=1S/C36H40ClN3O5S/c1-4-27(3)38-36(42)34(24-28-12-8-6-9-13-28)39(25-29-16-18-30(37)19-17-29)35(41)26-40(31-14-10-7-11-15-31)46(43,44)33-22-20-32(21-23-33)45-5-2/h6-23,27,34H,4-5,24-26H2,1-3H3,(H,38,42)/t27-,34-/m0/s1. The monoisotopic (exact) mass is 661 g/mol. The van der Waals surface area contributed by atoms with Gasteiger partial charge >= 0.3 is 0 Å². The molecule has 1 N–H and O–H groups in total. The molecular formula is C36H40ClN3O5S. The summed E-state index contributed by atoms with van der Waals surface area (Å²) < 4.78 is 34.9. The van der Waals surface area contributed by atoms with Gasteiger partial charge in [-0.25, -0.2) is 8.42 Å². The van der Waals surface area contributed by atoms with Gasteiger partial charge in [-0.05, 0) is 79.9 Å². The van der Waals surface area contributed by atoms with Gasteiger partial charge in [-0.1, -0.05) is 79.2 Å². The zero-order valence-electron chi connectivity index (χ0n) is 26.3. The first-order chi connectivity index (χ1) is 22.1. The number of anilines is 1. The molecule has 0 radical (unpaired) electrons. The van der Waals surface area contributed by atoms with Crippen LogP contribution in [0.25, 0.3) is 0 Å². The van der Waals surface area contributed by atoms with Crippen molar-refractivity contribution in [1.82, 2.24) is 10.2 Å². The molecule has 8 nitrogen and oxygen atoms in total. The van der Waals surface area contributed by atoms with Crippen molar-refractivity contribution in [1.29, 1.82) is 0 Å². The first-order valence-corrected chi connectivity index (χ1v) is 17.1. The number of amides is 2. The second kappa shape index (κ2) is 16.3. The highest BCUT2D eigenvalue weighted by Crippen LogP contribution is 2.26. The Kier molecular flexibility index (Phi) is 12.2. The number of para-hydroxylation sites is 1. The summed E-state index contributed by atoms with van der Waals surface area (Å²) in [7, 11) is -4.21. The average molecular weight is 662 g/mol. The van der Waals surface area contributed by atoms with Crippen LogP contribution in [0.4, 0.5) is 5.69 Å². The highest BCUT2D eigenvalue weighted by molar-refractivity contribution is 7.92. The smallest absolute Gasteiger partial charge is 0.264 e. The number of carbonyl (C=O) groups excluding carboxylic acids is 2. The molecule has 2 atom stereocenters. The molecule has 2 amide bonds. The normalized spacial score (nSPS) is 12.5. The molecule has 0 spiro atoms. The van der Waals surface area contributed by atoms with Crippen LogP contribution < -0.4 is 14.4 Å². The van der Waals surface area contributed by atoms with Crippen LogP contribution in [0, 0.1) is 0 Å². The Labute approximate surface area is 277 Å². The molecule has 0 saturated heterocycles. The SMILES string of the molecule is CCOc1ccc(S(=O)(=O)N(CC(=O)N(Cc2ccc(Cl)cc2)[C@@H](Cc2ccccc2)C(=O)N[C@@H](C)CC)c2ccccc2)cc1. The fraction of sp³-hybridized carbons (Fsp3) is 0.278. The van der Waals surface area contributed by atoms with Gasteiger partial charge in [-0.2, -0.15) is 0 Å². The van der Waals surface area contributed by atoms with E-state index in [0.717, 1.165) is 15.4 Å². The van der Waals surface area contributed by atoms with Gasteiger partial charge in [-0.15, -0.1) is 0 Å². The van der Waals surface area contributed by atoms with Crippen molar-refractivity contribution < 1.29 is 22.7 Å². The Balaban J connectivity index is 1.77. The first kappa shape index (κ1) is 34.5. The number of nitrogens with one attached hydrogen (secondary N) is 1. The van der Waals surface area contributed by atoms with Crippen LogP contribution in [-0.4, -0.2) is 50.4 Å². The lowest BCUT2D eigenvalue weighted by Gasteiger charge is -2.34. The highest BCUT2D eigenvalue weighted by atomic mass is 35.5. The third-order valence-corrected chi connectivity index (χ3v) is 9.62. The quantitative estimate of drug-likeness (QED) is 0.157. The molecule has 46 heavy (non-hydrogen) atoms. The summed E-state index contributed by atoms with van der Waals surface area (Å²) >= 11 is 6.15. The van der Waals surface area contributed by atoms with Crippen molar-refractivity contribution in [3.8, 4) is 5.75 Å². The molecule has 0 aliphatic rings. The molecule has 242 valence electrons. The molecule has 0 aromatic heterocycles. The zero-order chi connectivity index (χ0) is 33.1. The fourth-order valence-electron chi connectivity index (χ4n) is 4.91. The van der Waals surface area contributed by atoms with Gasteiger partial charge in [0.25, 0.3) is 10.0 Å². The van der Waals surface area contributed by atoms with Crippen LogP contribution in [0.2, 0.25) is 5.02 Å². The zero-order valence-corrected chi connectivity index (χ0v) is 27.9. The summed E-state index contributed by atoms with van der Waals surface area (Å²) in [5.74, 6) is -0.316. The fourth-order valence-corrected chi connectivity index (χ4v) is 6.45. The Bertz CT molecular complexity index is 1670. The molecule has 10 heteroatoms. The molecule has 0 bridgehead atoms. The maximum absolute atomic E-state index is 14.5. The second-order valence-corrected chi connectivity index (χ2v) is 13.2. The van der Waals surface area contributed by atoms with E-state index in [9.17, 15) is 18.0 Å². The number of ether oxygens (including phenoxy) is 1. The van der Waals surface area contributed by atoms with Crippen LogP contribution in [-0.2, 0) is 32.6 Å². The van der Waals surface area contributed by atoms with E-state index in [1.807, 2.05) is 51.1 Å². The van der Waals surface area contributed by atoms with Crippen LogP contribution in [0.1, 0.15) is 38.3 Å². The van der Waals surface area contributed by atoms with Crippen molar-refractivity contribution in [2.24, 2.45) is 0 Å². The van der Waals surface area contributed by atoms with Crippen LogP contribution in [0.15, 0.2) is 114 Å². The van der Waals surface area contributed by atoms with Crippen LogP contribution in [0.3, 0.4) is 0 Å². The maximum atomic E-state index is 14.5. The van der Waals surface area contributed by atoms with E-state index in [1.54, 1.807) is 66.7 Å². The molecule has 0 fully saturated rings. The summed E-state index contributed by atoms with van der Waals surface area (Å²) in [6.45, 7) is 5.69. The molecule has 0 heterocycles. The topological polar surface area (TPSA) is 96.0 Å². The number of nitrogens with zero attached hydrogens (tertiary/aromatic N) is 2. The van der Waals surface area contributed by atoms with Crippen LogP contribution in [0.5, 0.6) is 5.75 Å². The maximum Gasteiger partial charge on any atom is 0.264 e. The van der Waals surface area contributed by atoms with E-state index in [-0.39, 0.29) is 29.8 Å². The average Bonchev–Trinajstić information content (AvgIpc) is 3.07. The summed E-state index contributed by atoms with van der Waals surface area (Å²) in [5, 5.41) is 3.57. The number of carbonyl (C=O) groups is 2. The van der Waals surface area contributed by atoms with Gasteiger partial charge in [-0.3, -0.25) is 13.9 Å². The Morgan fingerprint density at radius 2 is 1.43 bits per heavy atom. The lowest BCUT2D eigenvalue weighted by molar-refractivity contribution is -0.140. The summed E-state index contributed by atoms with van der Waals surface area (Å²) in [6, 6.07) is 30.0. The number of hydrogen-bond acceptors (Lipinski definition) is 5. The predicted molar refractivity (Wildman–Crippen MR) is 182 cm³/mol. The van der Waals surface area contributed by atoms with E-state index in [2.05, 4.69) is 5.32 Å². The highest BCUT2D eigenvalue weighted by Gasteiger charge is 2.35.